The molecule has 0 radical (unpaired) electrons. The number of carbonyl (C=O) groups excluding carboxylic acids is 1. The summed E-state index contributed by atoms with van der Waals surface area (Å²) in [7, 11) is 1.66. The van der Waals surface area contributed by atoms with Gasteiger partial charge in [-0.3, -0.25) is 4.79 Å². The van der Waals surface area contributed by atoms with E-state index >= 15 is 0 Å². The van der Waals surface area contributed by atoms with E-state index in [2.05, 4.69) is 20.8 Å². The molecule has 1 aromatic rings. The van der Waals surface area contributed by atoms with Gasteiger partial charge in [-0.2, -0.15) is 0 Å². The first-order valence-corrected chi connectivity index (χ1v) is 7.01. The molecule has 0 aliphatic carbocycles. The van der Waals surface area contributed by atoms with Crippen LogP contribution in [0.4, 0.5) is 0 Å². The van der Waals surface area contributed by atoms with Crippen molar-refractivity contribution >= 4 is 17.7 Å². The summed E-state index contributed by atoms with van der Waals surface area (Å²) in [6.45, 7) is 4.68. The number of nitrogens with zero attached hydrogens (tertiary/aromatic N) is 4. The Morgan fingerprint density at radius 1 is 1.58 bits per heavy atom. The minimum absolute atomic E-state index is 0.199. The lowest BCUT2D eigenvalue weighted by atomic mass is 10.2. The number of hydrogen-bond donors (Lipinski definition) is 2. The molecule has 1 heterocycles. The Morgan fingerprint density at radius 3 is 3.05 bits per heavy atom. The number of nitrogens with two attached hydrogens (primary N) is 1. The van der Waals surface area contributed by atoms with Crippen LogP contribution in [0.5, 0.6) is 0 Å². The molecule has 0 saturated carbocycles. The fraction of sp³-hybridized carbons (Fsp3) is 0.800. The maximum atomic E-state index is 10.9. The van der Waals surface area contributed by atoms with Crippen molar-refractivity contribution in [2.75, 3.05) is 32.6 Å². The Labute approximate surface area is 116 Å². The first kappa shape index (κ1) is 15.9. The van der Waals surface area contributed by atoms with E-state index < -0.39 is 0 Å². The van der Waals surface area contributed by atoms with Crippen molar-refractivity contribution in [3.05, 3.63) is 0 Å². The van der Waals surface area contributed by atoms with Crippen molar-refractivity contribution in [2.24, 2.45) is 11.7 Å². The van der Waals surface area contributed by atoms with Crippen molar-refractivity contribution in [1.29, 1.82) is 0 Å². The number of carbonyl (C=O) groups is 1. The third-order valence-electron chi connectivity index (χ3n) is 2.43. The normalized spacial score (nSPS) is 12.5. The van der Waals surface area contributed by atoms with Crippen LogP contribution >= 0.6 is 11.8 Å². The monoisotopic (exact) mass is 288 g/mol. The summed E-state index contributed by atoms with van der Waals surface area (Å²) in [6.07, 6.45) is 0. The maximum Gasteiger partial charge on any atom is 0.221 e. The number of hydrogen-bond acceptors (Lipinski definition) is 7. The van der Waals surface area contributed by atoms with Crippen LogP contribution in [-0.2, 0) is 16.1 Å². The van der Waals surface area contributed by atoms with Gasteiger partial charge in [0.2, 0.25) is 11.1 Å². The number of aromatic nitrogens is 4. The average molecular weight is 288 g/mol. The molecule has 0 saturated heterocycles. The van der Waals surface area contributed by atoms with Crippen LogP contribution in [0.25, 0.3) is 0 Å². The highest BCUT2D eigenvalue weighted by molar-refractivity contribution is 7.99. The molecule has 0 aliphatic rings. The molecule has 108 valence electrons. The molecule has 8 nitrogen and oxygen atoms in total. The third kappa shape index (κ3) is 5.99. The topological polar surface area (TPSA) is 108 Å². The maximum absolute atomic E-state index is 10.9. The highest BCUT2D eigenvalue weighted by Crippen LogP contribution is 2.16. The molecule has 0 fully saturated rings. The Morgan fingerprint density at radius 2 is 2.37 bits per heavy atom. The van der Waals surface area contributed by atoms with Crippen molar-refractivity contribution in [3.63, 3.8) is 0 Å². The summed E-state index contributed by atoms with van der Waals surface area (Å²) < 4.78 is 6.64. The number of rotatable bonds is 10. The molecule has 1 rings (SSSR count). The highest BCUT2D eigenvalue weighted by atomic mass is 32.2. The average Bonchev–Trinajstić information content (AvgIpc) is 2.83. The van der Waals surface area contributed by atoms with Crippen LogP contribution < -0.4 is 11.1 Å². The Kier molecular flexibility index (Phi) is 7.38. The predicted octanol–water partition coefficient (Wildman–Crippen LogP) is -0.877. The number of tetrazole rings is 1. The van der Waals surface area contributed by atoms with E-state index in [0.717, 1.165) is 13.1 Å². The zero-order chi connectivity index (χ0) is 14.1. The number of methoxy groups -OCH3 is 1. The van der Waals surface area contributed by atoms with Crippen LogP contribution in [0.15, 0.2) is 5.16 Å². The van der Waals surface area contributed by atoms with Gasteiger partial charge in [0.25, 0.3) is 0 Å². The molecule has 0 aromatic carbocycles. The quantitative estimate of drug-likeness (QED) is 0.425. The van der Waals surface area contributed by atoms with Gasteiger partial charge in [-0.15, -0.1) is 5.10 Å². The number of ether oxygens (including phenoxy) is 1. The lowest BCUT2D eigenvalue weighted by molar-refractivity contribution is -0.120. The lowest BCUT2D eigenvalue weighted by Gasteiger charge is -2.07. The highest BCUT2D eigenvalue weighted by Gasteiger charge is 2.12. The predicted molar refractivity (Wildman–Crippen MR) is 71.6 cm³/mol. The minimum Gasteiger partial charge on any atom is -0.383 e. The van der Waals surface area contributed by atoms with Crippen LogP contribution in [0.2, 0.25) is 0 Å². The summed E-state index contributed by atoms with van der Waals surface area (Å²) in [5, 5.41) is 15.4. The number of thioether (sulfide) groups is 1. The van der Waals surface area contributed by atoms with E-state index in [1.165, 1.54) is 11.8 Å². The van der Waals surface area contributed by atoms with Gasteiger partial charge in [0.15, 0.2) is 0 Å². The zero-order valence-electron chi connectivity index (χ0n) is 11.2. The molecule has 9 heteroatoms. The molecule has 3 N–H and O–H groups in total. The van der Waals surface area contributed by atoms with Gasteiger partial charge in [-0.25, -0.2) is 4.68 Å². The van der Waals surface area contributed by atoms with Crippen molar-refractivity contribution in [1.82, 2.24) is 25.5 Å². The van der Waals surface area contributed by atoms with Crippen LogP contribution in [0, 0.1) is 5.92 Å². The SMILES string of the molecule is COCCNCCn1nnnc1SCC(C)C(N)=O. The van der Waals surface area contributed by atoms with Gasteiger partial charge >= 0.3 is 0 Å². The van der Waals surface area contributed by atoms with Gasteiger partial charge in [-0.05, 0) is 10.4 Å². The van der Waals surface area contributed by atoms with Crippen molar-refractivity contribution in [3.8, 4) is 0 Å². The molecular weight excluding hydrogens is 268 g/mol. The summed E-state index contributed by atoms with van der Waals surface area (Å²) >= 11 is 1.43. The number of primary amides is 1. The molecule has 1 unspecified atom stereocenters. The largest absolute Gasteiger partial charge is 0.383 e. The van der Waals surface area contributed by atoms with Crippen LogP contribution in [0.3, 0.4) is 0 Å². The zero-order valence-corrected chi connectivity index (χ0v) is 12.0. The summed E-state index contributed by atoms with van der Waals surface area (Å²) in [5.41, 5.74) is 5.21. The van der Waals surface area contributed by atoms with E-state index in [0.29, 0.717) is 24.1 Å². The van der Waals surface area contributed by atoms with E-state index in [4.69, 9.17) is 10.5 Å². The van der Waals surface area contributed by atoms with E-state index in [1.807, 2.05) is 0 Å². The first-order valence-electron chi connectivity index (χ1n) is 6.03. The Hall–Kier alpha value is -1.19. The molecular formula is C10H20N6O2S. The fourth-order valence-corrected chi connectivity index (χ4v) is 2.14. The van der Waals surface area contributed by atoms with Crippen molar-refractivity contribution < 1.29 is 9.53 Å². The lowest BCUT2D eigenvalue weighted by Crippen LogP contribution is -2.25. The third-order valence-corrected chi connectivity index (χ3v) is 3.65. The van der Waals surface area contributed by atoms with Gasteiger partial charge in [-0.1, -0.05) is 18.7 Å². The summed E-state index contributed by atoms with van der Waals surface area (Å²) in [4.78, 5) is 10.9. The summed E-state index contributed by atoms with van der Waals surface area (Å²) in [6, 6.07) is 0. The van der Waals surface area contributed by atoms with Crippen LogP contribution in [-0.4, -0.2) is 58.7 Å². The minimum atomic E-state index is -0.312. The van der Waals surface area contributed by atoms with E-state index in [1.54, 1.807) is 18.7 Å². The molecule has 0 spiro atoms. The molecule has 0 bridgehead atoms. The van der Waals surface area contributed by atoms with Crippen LogP contribution in [0.1, 0.15) is 6.92 Å². The molecule has 19 heavy (non-hydrogen) atoms. The van der Waals surface area contributed by atoms with Gasteiger partial charge < -0.3 is 15.8 Å². The fourth-order valence-electron chi connectivity index (χ4n) is 1.21. The van der Waals surface area contributed by atoms with E-state index in [-0.39, 0.29) is 11.8 Å². The molecule has 1 atom stereocenters. The van der Waals surface area contributed by atoms with E-state index in [9.17, 15) is 4.79 Å². The molecule has 1 amide bonds. The Balaban J connectivity index is 2.31. The first-order chi connectivity index (χ1) is 9.15. The molecule has 0 aliphatic heterocycles. The number of amides is 1. The van der Waals surface area contributed by atoms with Gasteiger partial charge in [0, 0.05) is 31.9 Å². The second-order valence-corrected chi connectivity index (χ2v) is 5.03. The smallest absolute Gasteiger partial charge is 0.221 e. The van der Waals surface area contributed by atoms with Crippen molar-refractivity contribution in [2.45, 2.75) is 18.6 Å². The Bertz CT molecular complexity index is 386. The summed E-state index contributed by atoms with van der Waals surface area (Å²) in [5.74, 6) is 0.0648. The second kappa shape index (κ2) is 8.83. The molecule has 1 aromatic heterocycles. The van der Waals surface area contributed by atoms with Gasteiger partial charge in [0.05, 0.1) is 13.2 Å². The second-order valence-electron chi connectivity index (χ2n) is 4.04. The number of nitrogens with one attached hydrogen (secondary N) is 1. The van der Waals surface area contributed by atoms with Gasteiger partial charge in [0.1, 0.15) is 0 Å². The standard InChI is InChI=1S/C10H20N6O2S/c1-8(9(11)17)7-19-10-13-14-15-16(10)5-3-12-4-6-18-2/h8,12H,3-7H2,1-2H3,(H2,11,17).